The molecule has 0 aromatic heterocycles. The van der Waals surface area contributed by atoms with Crippen molar-refractivity contribution >= 4 is 17.7 Å². The lowest BCUT2D eigenvalue weighted by atomic mass is 9.99. The maximum absolute atomic E-state index is 12.7. The summed E-state index contributed by atoms with van der Waals surface area (Å²) in [6, 6.07) is 7.65. The van der Waals surface area contributed by atoms with Gasteiger partial charge in [-0.15, -0.1) is 0 Å². The summed E-state index contributed by atoms with van der Waals surface area (Å²) in [7, 11) is 7.16. The first-order valence-corrected chi connectivity index (χ1v) is 9.37. The van der Waals surface area contributed by atoms with E-state index in [1.807, 2.05) is 38.4 Å². The molecule has 0 aliphatic carbocycles. The van der Waals surface area contributed by atoms with E-state index in [0.29, 0.717) is 22.8 Å². The standard InChI is InChI=1S/C22H24N2O5/c1-24(2)8-7-13-10-18-19(29-12-28-18)11-14(13)9-16-15-5-6-17(26-3)21(27-4)20(15)22(25)23-16/h5-6,9-11H,7-8,12H2,1-4H3,(H,23,25)/b16-9-. The van der Waals surface area contributed by atoms with Gasteiger partial charge in [-0.25, -0.2) is 0 Å². The summed E-state index contributed by atoms with van der Waals surface area (Å²) in [5.74, 6) is 2.21. The average molecular weight is 396 g/mol. The van der Waals surface area contributed by atoms with E-state index < -0.39 is 0 Å². The minimum Gasteiger partial charge on any atom is -0.493 e. The predicted molar refractivity (Wildman–Crippen MR) is 110 cm³/mol. The number of carbonyl (C=O) groups is 1. The van der Waals surface area contributed by atoms with Gasteiger partial charge < -0.3 is 29.2 Å². The SMILES string of the molecule is COc1ccc2c(c1OC)C(=O)N/C2=C\c1cc2c(cc1CCN(C)C)OCO2. The normalized spacial score (nSPS) is 15.6. The third kappa shape index (κ3) is 3.49. The van der Waals surface area contributed by atoms with Crippen LogP contribution in [-0.4, -0.2) is 52.5 Å². The smallest absolute Gasteiger partial charge is 0.260 e. The number of methoxy groups -OCH3 is 2. The van der Waals surface area contributed by atoms with E-state index in [-0.39, 0.29) is 12.7 Å². The lowest BCUT2D eigenvalue weighted by Gasteiger charge is -2.13. The number of ether oxygens (including phenoxy) is 4. The lowest BCUT2D eigenvalue weighted by molar-refractivity contribution is 0.0977. The largest absolute Gasteiger partial charge is 0.493 e. The molecule has 2 aromatic rings. The van der Waals surface area contributed by atoms with Gasteiger partial charge in [0.2, 0.25) is 6.79 Å². The number of nitrogens with one attached hydrogen (secondary N) is 1. The highest BCUT2D eigenvalue weighted by Crippen LogP contribution is 2.41. The summed E-state index contributed by atoms with van der Waals surface area (Å²) in [6.07, 6.45) is 2.82. The van der Waals surface area contributed by atoms with Gasteiger partial charge in [0, 0.05) is 17.8 Å². The fraction of sp³-hybridized carbons (Fsp3) is 0.318. The Balaban J connectivity index is 1.79. The second-order valence-corrected chi connectivity index (χ2v) is 7.19. The Hall–Kier alpha value is -3.19. The number of nitrogens with zero attached hydrogens (tertiary/aromatic N) is 1. The summed E-state index contributed by atoms with van der Waals surface area (Å²) < 4.78 is 21.9. The molecule has 7 nitrogen and oxygen atoms in total. The van der Waals surface area contributed by atoms with Crippen LogP contribution in [0.4, 0.5) is 0 Å². The summed E-state index contributed by atoms with van der Waals surface area (Å²) in [5.41, 5.74) is 4.08. The third-order valence-electron chi connectivity index (χ3n) is 5.07. The first kappa shape index (κ1) is 19.1. The molecule has 1 N–H and O–H groups in total. The van der Waals surface area contributed by atoms with E-state index in [1.54, 1.807) is 13.2 Å². The van der Waals surface area contributed by atoms with Crippen LogP contribution in [0.25, 0.3) is 11.8 Å². The molecule has 0 spiro atoms. The molecule has 2 aliphatic rings. The molecule has 2 aromatic carbocycles. The fourth-order valence-electron chi connectivity index (χ4n) is 3.59. The second-order valence-electron chi connectivity index (χ2n) is 7.19. The zero-order valence-corrected chi connectivity index (χ0v) is 17.0. The Morgan fingerprint density at radius 3 is 2.59 bits per heavy atom. The van der Waals surface area contributed by atoms with E-state index >= 15 is 0 Å². The number of carbonyl (C=O) groups excluding carboxylic acids is 1. The molecule has 2 aliphatic heterocycles. The quantitative estimate of drug-likeness (QED) is 0.810. The van der Waals surface area contributed by atoms with Crippen molar-refractivity contribution in [3.8, 4) is 23.0 Å². The van der Waals surface area contributed by atoms with Gasteiger partial charge >= 0.3 is 0 Å². The maximum atomic E-state index is 12.7. The summed E-state index contributed by atoms with van der Waals surface area (Å²) in [6.45, 7) is 1.11. The molecule has 29 heavy (non-hydrogen) atoms. The van der Waals surface area contributed by atoms with Crippen molar-refractivity contribution in [2.24, 2.45) is 0 Å². The van der Waals surface area contributed by atoms with Gasteiger partial charge in [-0.3, -0.25) is 4.79 Å². The third-order valence-corrected chi connectivity index (χ3v) is 5.07. The topological polar surface area (TPSA) is 69.3 Å². The lowest BCUT2D eigenvalue weighted by Crippen LogP contribution is -2.15. The minimum atomic E-state index is -0.211. The van der Waals surface area contributed by atoms with Crippen LogP contribution in [0.2, 0.25) is 0 Å². The monoisotopic (exact) mass is 396 g/mol. The number of fused-ring (bicyclic) bond motifs is 2. The number of rotatable bonds is 6. The van der Waals surface area contributed by atoms with Crippen molar-refractivity contribution < 1.29 is 23.7 Å². The van der Waals surface area contributed by atoms with Crippen LogP contribution in [0.3, 0.4) is 0 Å². The second kappa shape index (κ2) is 7.67. The van der Waals surface area contributed by atoms with Gasteiger partial charge in [-0.05, 0) is 62.0 Å². The molecule has 0 radical (unpaired) electrons. The van der Waals surface area contributed by atoms with Crippen molar-refractivity contribution in [1.29, 1.82) is 0 Å². The highest BCUT2D eigenvalue weighted by atomic mass is 16.7. The van der Waals surface area contributed by atoms with Crippen molar-refractivity contribution in [3.05, 3.63) is 46.5 Å². The molecule has 152 valence electrons. The Morgan fingerprint density at radius 2 is 1.90 bits per heavy atom. The average Bonchev–Trinajstić information content (AvgIpc) is 3.29. The van der Waals surface area contributed by atoms with Gasteiger partial charge in [0.05, 0.1) is 19.8 Å². The van der Waals surface area contributed by atoms with Crippen molar-refractivity contribution in [2.45, 2.75) is 6.42 Å². The molecule has 0 bridgehead atoms. The summed E-state index contributed by atoms with van der Waals surface area (Å²) in [5, 5.41) is 2.96. The van der Waals surface area contributed by atoms with Crippen LogP contribution in [0.15, 0.2) is 24.3 Å². The Morgan fingerprint density at radius 1 is 1.14 bits per heavy atom. The van der Waals surface area contributed by atoms with Crippen LogP contribution < -0.4 is 24.3 Å². The number of likely N-dealkylation sites (N-methyl/N-ethyl adjacent to an activating group) is 1. The van der Waals surface area contributed by atoms with Crippen molar-refractivity contribution in [1.82, 2.24) is 10.2 Å². The molecular weight excluding hydrogens is 372 g/mol. The van der Waals surface area contributed by atoms with E-state index in [9.17, 15) is 4.79 Å². The first-order chi connectivity index (χ1) is 14.0. The molecule has 7 heteroatoms. The van der Waals surface area contributed by atoms with E-state index in [2.05, 4.69) is 10.2 Å². The van der Waals surface area contributed by atoms with Gasteiger partial charge in [-0.2, -0.15) is 0 Å². The Labute approximate surface area is 169 Å². The molecule has 0 saturated carbocycles. The van der Waals surface area contributed by atoms with Crippen LogP contribution in [-0.2, 0) is 6.42 Å². The number of hydrogen-bond acceptors (Lipinski definition) is 6. The summed E-state index contributed by atoms with van der Waals surface area (Å²) >= 11 is 0. The van der Waals surface area contributed by atoms with Gasteiger partial charge in [0.15, 0.2) is 23.0 Å². The van der Waals surface area contributed by atoms with E-state index in [0.717, 1.165) is 41.1 Å². The molecule has 0 saturated heterocycles. The van der Waals surface area contributed by atoms with Crippen LogP contribution in [0.1, 0.15) is 27.0 Å². The minimum absolute atomic E-state index is 0.211. The zero-order chi connectivity index (χ0) is 20.5. The molecule has 0 fully saturated rings. The highest BCUT2D eigenvalue weighted by molar-refractivity contribution is 6.14. The molecule has 4 rings (SSSR count). The van der Waals surface area contributed by atoms with E-state index in [4.69, 9.17) is 18.9 Å². The maximum Gasteiger partial charge on any atom is 0.260 e. The van der Waals surface area contributed by atoms with Gasteiger partial charge in [0.25, 0.3) is 5.91 Å². The Kier molecular flexibility index (Phi) is 5.07. The first-order valence-electron chi connectivity index (χ1n) is 9.37. The van der Waals surface area contributed by atoms with Gasteiger partial charge in [0.1, 0.15) is 0 Å². The number of benzene rings is 2. The fourth-order valence-corrected chi connectivity index (χ4v) is 3.59. The zero-order valence-electron chi connectivity index (χ0n) is 17.0. The summed E-state index contributed by atoms with van der Waals surface area (Å²) in [4.78, 5) is 14.8. The molecule has 2 heterocycles. The molecule has 0 unspecified atom stereocenters. The van der Waals surface area contributed by atoms with Crippen molar-refractivity contribution in [3.63, 3.8) is 0 Å². The van der Waals surface area contributed by atoms with E-state index in [1.165, 1.54) is 7.11 Å². The van der Waals surface area contributed by atoms with Crippen molar-refractivity contribution in [2.75, 3.05) is 41.7 Å². The number of hydrogen-bond donors (Lipinski definition) is 1. The predicted octanol–water partition coefficient (Wildman–Crippen LogP) is 2.78. The molecule has 1 amide bonds. The van der Waals surface area contributed by atoms with Gasteiger partial charge in [-0.1, -0.05) is 0 Å². The van der Waals surface area contributed by atoms with Crippen LogP contribution >= 0.6 is 0 Å². The molecule has 0 atom stereocenters. The Bertz CT molecular complexity index is 997. The van der Waals surface area contributed by atoms with Crippen LogP contribution in [0, 0.1) is 0 Å². The van der Waals surface area contributed by atoms with Crippen LogP contribution in [0.5, 0.6) is 23.0 Å². The number of amides is 1. The molecular formula is C22H24N2O5. The highest BCUT2D eigenvalue weighted by Gasteiger charge is 2.30.